The molecule has 0 aliphatic rings. The molecule has 2 heterocycles. The number of hydrogen-bond donors (Lipinski definition) is 1. The molecule has 0 saturated carbocycles. The maximum Gasteiger partial charge on any atom is 0.193 e. The molecular formula is C26H14N6O. The fourth-order valence-electron chi connectivity index (χ4n) is 3.57. The summed E-state index contributed by atoms with van der Waals surface area (Å²) in [7, 11) is 0. The average Bonchev–Trinajstić information content (AvgIpc) is 3.31. The maximum atomic E-state index is 12.8. The summed E-state index contributed by atoms with van der Waals surface area (Å²) in [6.45, 7) is 0. The fraction of sp³-hybridized carbons (Fsp3) is 0. The summed E-state index contributed by atoms with van der Waals surface area (Å²) in [6, 6.07) is 27.4. The molecule has 0 spiro atoms. The minimum absolute atomic E-state index is 0.0491. The van der Waals surface area contributed by atoms with Crippen LogP contribution in [0.15, 0.2) is 78.9 Å². The molecule has 5 rings (SSSR count). The Morgan fingerprint density at radius 3 is 2.03 bits per heavy atom. The number of imidazole rings is 1. The van der Waals surface area contributed by atoms with Crippen molar-refractivity contribution in [1.29, 1.82) is 10.5 Å². The molecule has 0 aliphatic carbocycles. The summed E-state index contributed by atoms with van der Waals surface area (Å²) in [4.78, 5) is 29.5. The molecular weight excluding hydrogens is 412 g/mol. The third-order valence-electron chi connectivity index (χ3n) is 5.16. The topological polar surface area (TPSA) is 119 Å². The molecule has 5 aromatic rings. The van der Waals surface area contributed by atoms with E-state index in [2.05, 4.69) is 19.9 Å². The Bertz CT molecular complexity index is 1590. The Hall–Kier alpha value is -5.14. The van der Waals surface area contributed by atoms with Gasteiger partial charge >= 0.3 is 0 Å². The molecule has 154 valence electrons. The number of nitrogens with one attached hydrogen (secondary N) is 1. The lowest BCUT2D eigenvalue weighted by Crippen LogP contribution is -2.02. The van der Waals surface area contributed by atoms with Crippen molar-refractivity contribution in [2.24, 2.45) is 0 Å². The van der Waals surface area contributed by atoms with Crippen molar-refractivity contribution in [1.82, 2.24) is 19.9 Å². The Morgan fingerprint density at radius 1 is 0.727 bits per heavy atom. The van der Waals surface area contributed by atoms with Crippen LogP contribution in [0.25, 0.3) is 33.8 Å². The number of nitrogens with zero attached hydrogens (tertiary/aromatic N) is 5. The number of aromatic amines is 1. The van der Waals surface area contributed by atoms with E-state index >= 15 is 0 Å². The Labute approximate surface area is 188 Å². The first-order chi connectivity index (χ1) is 16.2. The van der Waals surface area contributed by atoms with Gasteiger partial charge in [-0.15, -0.1) is 0 Å². The summed E-state index contributed by atoms with van der Waals surface area (Å²) in [5, 5.41) is 18.9. The van der Waals surface area contributed by atoms with E-state index in [9.17, 15) is 15.3 Å². The quantitative estimate of drug-likeness (QED) is 0.417. The van der Waals surface area contributed by atoms with Gasteiger partial charge in [0.1, 0.15) is 23.5 Å². The molecule has 7 heteroatoms. The number of carbonyl (C=O) groups excluding carboxylic acids is 1. The van der Waals surface area contributed by atoms with Crippen molar-refractivity contribution in [2.45, 2.75) is 0 Å². The van der Waals surface area contributed by atoms with Crippen molar-refractivity contribution in [3.63, 3.8) is 0 Å². The third-order valence-corrected chi connectivity index (χ3v) is 5.16. The van der Waals surface area contributed by atoms with E-state index in [-0.39, 0.29) is 17.2 Å². The van der Waals surface area contributed by atoms with Crippen LogP contribution in [0.5, 0.6) is 0 Å². The smallest absolute Gasteiger partial charge is 0.193 e. The second kappa shape index (κ2) is 8.18. The van der Waals surface area contributed by atoms with Gasteiger partial charge in [-0.1, -0.05) is 60.7 Å². The molecule has 3 aromatic carbocycles. The van der Waals surface area contributed by atoms with Gasteiger partial charge in [0.15, 0.2) is 23.0 Å². The molecule has 0 radical (unpaired) electrons. The van der Waals surface area contributed by atoms with Gasteiger partial charge < -0.3 is 4.98 Å². The molecule has 0 saturated heterocycles. The van der Waals surface area contributed by atoms with Crippen molar-refractivity contribution in [2.75, 3.05) is 0 Å². The lowest BCUT2D eigenvalue weighted by Gasteiger charge is -2.07. The van der Waals surface area contributed by atoms with Crippen LogP contribution in [0.1, 0.15) is 27.3 Å². The highest BCUT2D eigenvalue weighted by atomic mass is 16.1. The maximum absolute atomic E-state index is 12.8. The number of aromatic nitrogens is 4. The molecule has 0 fully saturated rings. The number of H-pyrrole nitrogens is 1. The molecule has 0 bridgehead atoms. The summed E-state index contributed by atoms with van der Waals surface area (Å²) in [6.07, 6.45) is 0. The monoisotopic (exact) mass is 426 g/mol. The van der Waals surface area contributed by atoms with Crippen molar-refractivity contribution in [3.8, 4) is 34.9 Å². The van der Waals surface area contributed by atoms with Crippen LogP contribution in [0.2, 0.25) is 0 Å². The van der Waals surface area contributed by atoms with Crippen LogP contribution in [0.3, 0.4) is 0 Å². The van der Waals surface area contributed by atoms with Crippen molar-refractivity contribution < 1.29 is 4.79 Å². The number of nitriles is 2. The summed E-state index contributed by atoms with van der Waals surface area (Å²) in [5.74, 6) is 0.296. The van der Waals surface area contributed by atoms with E-state index in [0.29, 0.717) is 39.4 Å². The molecule has 0 atom stereocenters. The van der Waals surface area contributed by atoms with E-state index in [4.69, 9.17) is 0 Å². The summed E-state index contributed by atoms with van der Waals surface area (Å²) >= 11 is 0. The highest BCUT2D eigenvalue weighted by Gasteiger charge is 2.20. The standard InChI is InChI=1S/C26H14N6O/c27-14-21-22(15-28)30-24(23(29-21)16-7-3-1-4-8-16)26-31-19-12-11-18(13-20(19)32-26)25(33)17-9-5-2-6-10-17/h1-13H,(H,31,32). The minimum atomic E-state index is -0.0939. The van der Waals surface area contributed by atoms with E-state index < -0.39 is 0 Å². The number of carbonyl (C=O) groups is 1. The largest absolute Gasteiger partial charge is 0.337 e. The predicted octanol–water partition coefficient (Wildman–Crippen LogP) is 4.66. The number of ketones is 1. The fourth-order valence-corrected chi connectivity index (χ4v) is 3.57. The van der Waals surface area contributed by atoms with Crippen LogP contribution in [-0.2, 0) is 0 Å². The zero-order valence-electron chi connectivity index (χ0n) is 17.1. The molecule has 7 nitrogen and oxygen atoms in total. The highest BCUT2D eigenvalue weighted by Crippen LogP contribution is 2.30. The van der Waals surface area contributed by atoms with Crippen LogP contribution >= 0.6 is 0 Å². The molecule has 0 aliphatic heterocycles. The number of rotatable bonds is 4. The van der Waals surface area contributed by atoms with E-state index in [1.54, 1.807) is 30.3 Å². The Morgan fingerprint density at radius 2 is 1.36 bits per heavy atom. The van der Waals surface area contributed by atoms with Crippen LogP contribution in [0, 0.1) is 22.7 Å². The van der Waals surface area contributed by atoms with Crippen molar-refractivity contribution >= 4 is 16.8 Å². The molecule has 0 unspecified atom stereocenters. The van der Waals surface area contributed by atoms with E-state index in [1.807, 2.05) is 60.7 Å². The van der Waals surface area contributed by atoms with Gasteiger partial charge in [0.05, 0.1) is 11.0 Å². The van der Waals surface area contributed by atoms with Gasteiger partial charge in [-0.05, 0) is 18.2 Å². The van der Waals surface area contributed by atoms with Crippen LogP contribution in [0.4, 0.5) is 0 Å². The molecule has 0 amide bonds. The van der Waals surface area contributed by atoms with Crippen molar-refractivity contribution in [3.05, 3.63) is 101 Å². The Balaban J connectivity index is 1.66. The normalized spacial score (nSPS) is 10.5. The first-order valence-corrected chi connectivity index (χ1v) is 10.1. The first-order valence-electron chi connectivity index (χ1n) is 10.1. The third kappa shape index (κ3) is 3.60. The molecule has 1 N–H and O–H groups in total. The lowest BCUT2D eigenvalue weighted by atomic mass is 10.0. The van der Waals surface area contributed by atoms with Gasteiger partial charge in [-0.2, -0.15) is 10.5 Å². The van der Waals surface area contributed by atoms with Crippen LogP contribution < -0.4 is 0 Å². The van der Waals surface area contributed by atoms with Gasteiger partial charge in [-0.25, -0.2) is 15.0 Å². The minimum Gasteiger partial charge on any atom is -0.337 e. The number of fused-ring (bicyclic) bond motifs is 1. The van der Waals surface area contributed by atoms with Gasteiger partial charge in [0.2, 0.25) is 0 Å². The highest BCUT2D eigenvalue weighted by molar-refractivity contribution is 6.10. The molecule has 2 aromatic heterocycles. The average molecular weight is 426 g/mol. The second-order valence-electron chi connectivity index (χ2n) is 7.22. The Kier molecular flexibility index (Phi) is 4.91. The summed E-state index contributed by atoms with van der Waals surface area (Å²) < 4.78 is 0. The lowest BCUT2D eigenvalue weighted by molar-refractivity contribution is 0.103. The predicted molar refractivity (Wildman–Crippen MR) is 122 cm³/mol. The zero-order chi connectivity index (χ0) is 22.8. The molecule has 33 heavy (non-hydrogen) atoms. The van der Waals surface area contributed by atoms with Gasteiger partial charge in [0.25, 0.3) is 0 Å². The SMILES string of the molecule is N#Cc1nc(-c2ccccc2)c(-c2nc3ccc(C(=O)c4ccccc4)cc3[nH]2)nc1C#N. The van der Waals surface area contributed by atoms with E-state index in [0.717, 1.165) is 5.56 Å². The second-order valence-corrected chi connectivity index (χ2v) is 7.22. The number of benzene rings is 3. The van der Waals surface area contributed by atoms with E-state index in [1.165, 1.54) is 0 Å². The van der Waals surface area contributed by atoms with Crippen LogP contribution in [-0.4, -0.2) is 25.7 Å². The van der Waals surface area contributed by atoms with Gasteiger partial charge in [-0.3, -0.25) is 4.79 Å². The zero-order valence-corrected chi connectivity index (χ0v) is 17.1. The summed E-state index contributed by atoms with van der Waals surface area (Å²) in [5.41, 5.74) is 3.81. The van der Waals surface area contributed by atoms with Gasteiger partial charge in [0, 0.05) is 16.7 Å². The number of hydrogen-bond acceptors (Lipinski definition) is 6. The first kappa shape index (κ1) is 19.8.